The molecule has 27 atom stereocenters. The molecule has 67 heavy (non-hydrogen) atoms. The maximum absolute atomic E-state index is 15.0. The van der Waals surface area contributed by atoms with Gasteiger partial charge in [-0.1, -0.05) is 53.2 Å². The molecule has 19 nitrogen and oxygen atoms in total. The second kappa shape index (κ2) is 18.5. The molecule has 3 aliphatic heterocycles. The molecular weight excluding hydrogens is 881 g/mol. The number of allylic oxidation sites excluding steroid dienone is 2. The zero-order valence-corrected chi connectivity index (χ0v) is 39.8. The molecule has 0 bridgehead atoms. The van der Waals surface area contributed by atoms with E-state index in [1.165, 1.54) is 12.5 Å². The van der Waals surface area contributed by atoms with Gasteiger partial charge in [0.1, 0.15) is 67.1 Å². The number of rotatable bonds is 9. The van der Waals surface area contributed by atoms with Crippen molar-refractivity contribution in [3.63, 3.8) is 0 Å². The van der Waals surface area contributed by atoms with E-state index in [-0.39, 0.29) is 52.4 Å². The van der Waals surface area contributed by atoms with Crippen LogP contribution in [0, 0.1) is 56.7 Å². The number of fused-ring (bicyclic) bond motifs is 7. The van der Waals surface area contributed by atoms with Crippen molar-refractivity contribution in [1.82, 2.24) is 0 Å². The minimum Gasteiger partial charge on any atom is -0.432 e. The van der Waals surface area contributed by atoms with E-state index in [0.717, 1.165) is 19.3 Å². The fraction of sp³-hybridized carbons (Fsp3) is 0.938. The molecule has 4 saturated carbocycles. The molecule has 5 aliphatic carbocycles. The van der Waals surface area contributed by atoms with Crippen LogP contribution in [0.15, 0.2) is 11.6 Å². The monoisotopic (exact) mass is 959 g/mol. The quantitative estimate of drug-likeness (QED) is 0.0971. The summed E-state index contributed by atoms with van der Waals surface area (Å²) in [5.74, 6) is -0.386. The summed E-state index contributed by atoms with van der Waals surface area (Å²) in [7, 11) is 0. The summed E-state index contributed by atoms with van der Waals surface area (Å²) in [5, 5.41) is 130. The molecule has 3 saturated heterocycles. The van der Waals surface area contributed by atoms with Gasteiger partial charge in [-0.25, -0.2) is 0 Å². The molecule has 8 rings (SSSR count). The maximum Gasteiger partial charge on any atom is 0.315 e. The number of ether oxygens (including phenoxy) is 6. The molecule has 384 valence electrons. The summed E-state index contributed by atoms with van der Waals surface area (Å²) >= 11 is 0. The van der Waals surface area contributed by atoms with Gasteiger partial charge in [0.05, 0.1) is 43.5 Å². The Hall–Kier alpha value is -1.47. The molecule has 8 aliphatic rings. The van der Waals surface area contributed by atoms with Gasteiger partial charge < -0.3 is 89.7 Å². The molecule has 0 aromatic heterocycles. The number of aliphatic hydroxyl groups is 12. The van der Waals surface area contributed by atoms with Gasteiger partial charge in [0, 0.05) is 5.41 Å². The molecule has 12 N–H and O–H groups in total. The highest BCUT2D eigenvalue weighted by atomic mass is 16.8. The molecule has 3 heterocycles. The topological polar surface area (TPSA) is 315 Å². The van der Waals surface area contributed by atoms with Crippen molar-refractivity contribution in [2.75, 3.05) is 19.8 Å². The first-order chi connectivity index (χ1) is 31.4. The molecular formula is C48H78O19. The number of hydrogen-bond donors (Lipinski definition) is 12. The predicted octanol–water partition coefficient (Wildman–Crippen LogP) is -1.03. The van der Waals surface area contributed by atoms with Gasteiger partial charge in [-0.3, -0.25) is 4.79 Å². The summed E-state index contributed by atoms with van der Waals surface area (Å²) in [6.45, 7) is 13.0. The van der Waals surface area contributed by atoms with E-state index in [2.05, 4.69) is 40.7 Å². The molecule has 19 heteroatoms. The van der Waals surface area contributed by atoms with Crippen LogP contribution in [-0.4, -0.2) is 191 Å². The van der Waals surface area contributed by atoms with Crippen LogP contribution in [0.1, 0.15) is 99.8 Å². The molecule has 7 fully saturated rings. The predicted molar refractivity (Wildman–Crippen MR) is 231 cm³/mol. The van der Waals surface area contributed by atoms with E-state index < -0.39 is 134 Å². The molecule has 0 spiro atoms. The Morgan fingerprint density at radius 3 is 2.01 bits per heavy atom. The Bertz CT molecular complexity index is 1820. The molecule has 0 radical (unpaired) electrons. The van der Waals surface area contributed by atoms with E-state index in [4.69, 9.17) is 28.4 Å². The van der Waals surface area contributed by atoms with Crippen molar-refractivity contribution in [3.8, 4) is 0 Å². The summed E-state index contributed by atoms with van der Waals surface area (Å²) in [5.41, 5.74) is -1.64. The lowest BCUT2D eigenvalue weighted by Crippen LogP contribution is -2.68. The van der Waals surface area contributed by atoms with Crippen LogP contribution in [0.2, 0.25) is 0 Å². The van der Waals surface area contributed by atoms with Crippen LogP contribution in [0.4, 0.5) is 0 Å². The third-order valence-corrected chi connectivity index (χ3v) is 19.7. The first-order valence-corrected chi connectivity index (χ1v) is 24.5. The second-order valence-corrected chi connectivity index (χ2v) is 22.9. The largest absolute Gasteiger partial charge is 0.432 e. The third kappa shape index (κ3) is 7.92. The second-order valence-electron chi connectivity index (χ2n) is 22.9. The van der Waals surface area contributed by atoms with E-state index in [0.29, 0.717) is 32.1 Å². The van der Waals surface area contributed by atoms with Crippen molar-refractivity contribution in [2.45, 2.75) is 204 Å². The van der Waals surface area contributed by atoms with Crippen molar-refractivity contribution < 1.29 is 94.5 Å². The van der Waals surface area contributed by atoms with Gasteiger partial charge in [0.25, 0.3) is 0 Å². The van der Waals surface area contributed by atoms with Crippen LogP contribution in [0.3, 0.4) is 0 Å². The Balaban J connectivity index is 0.985. The minimum atomic E-state index is -1.86. The lowest BCUT2D eigenvalue weighted by atomic mass is 9.33. The summed E-state index contributed by atoms with van der Waals surface area (Å²) in [6, 6.07) is 0. The zero-order valence-electron chi connectivity index (χ0n) is 39.8. The molecule has 0 aromatic carbocycles. The van der Waals surface area contributed by atoms with Gasteiger partial charge in [0.15, 0.2) is 12.6 Å². The number of hydrogen-bond acceptors (Lipinski definition) is 19. The Morgan fingerprint density at radius 1 is 0.701 bits per heavy atom. The number of carbonyl (C=O) groups excluding carboxylic acids is 1. The lowest BCUT2D eigenvalue weighted by molar-refractivity contribution is -0.361. The van der Waals surface area contributed by atoms with Gasteiger partial charge in [-0.15, -0.1) is 0 Å². The fourth-order valence-corrected chi connectivity index (χ4v) is 15.2. The van der Waals surface area contributed by atoms with Crippen LogP contribution in [0.5, 0.6) is 0 Å². The number of aliphatic hydroxyl groups excluding tert-OH is 12. The van der Waals surface area contributed by atoms with Gasteiger partial charge >= 0.3 is 5.97 Å². The normalized spacial score (nSPS) is 56.7. The van der Waals surface area contributed by atoms with E-state index in [9.17, 15) is 61.3 Å². The average molecular weight is 959 g/mol. The smallest absolute Gasteiger partial charge is 0.315 e. The first-order valence-electron chi connectivity index (χ1n) is 24.5. The first kappa shape index (κ1) is 51.9. The van der Waals surface area contributed by atoms with Crippen molar-refractivity contribution in [1.29, 1.82) is 0 Å². The highest BCUT2D eigenvalue weighted by Gasteiger charge is 2.71. The Morgan fingerprint density at radius 2 is 1.34 bits per heavy atom. The molecule has 0 amide bonds. The van der Waals surface area contributed by atoms with E-state index in [1.54, 1.807) is 0 Å². The van der Waals surface area contributed by atoms with E-state index >= 15 is 4.79 Å². The van der Waals surface area contributed by atoms with Gasteiger partial charge in [-0.05, 0) is 104 Å². The summed E-state index contributed by atoms with van der Waals surface area (Å²) in [4.78, 5) is 15.0. The van der Waals surface area contributed by atoms with Crippen LogP contribution >= 0.6 is 0 Å². The lowest BCUT2D eigenvalue weighted by Gasteiger charge is -2.71. The SMILES string of the molecule is C[C@@H]1[C@H](C)CC[C@@]2(C(=O)O[C@H]3O[C@@H](CO[C@@H]4O[C@H](CO)[C@@H](O[C@@H]5O[C@H](C)[C@H](O)[C@H](O)[C@@H]5O)[C@H](O)[C@@H]4O)[C@H](O)[C@@H](O)[C@@H]3O)CC[C@@]3(C)C(=CC[C@@H]4[C@]5(C)C[C@H](O)[C@H](O)[C@@](C)(CO)[C@@H]5CC[C@@]43C)[C@H]12. The minimum absolute atomic E-state index is 0.0112. The standard InChI is InChI=1S/C48H78O19/c1-20-10-13-48(15-14-46(6)23(29(48)21(20)2)8-9-28-44(4)16-24(51)39(60)45(5,19-50)27(44)11-12-47(28,46)7)43(61)67-42-36(58)33(55)31(53)26(65-42)18-62-40-37(59)34(56)38(25(17-49)64-40)66-41-35(57)32(54)30(52)22(3)63-41/h8,20-22,24-42,49-60H,9-19H2,1-7H3/t20-,21-,22-,24+,25-,26+,27-,28-,29+,30+,31+,32+,33-,34-,35+,36+,37+,38-,39+,40-,41+,42-,44-,45+,46+,47+,48-/m1/s1. The summed E-state index contributed by atoms with van der Waals surface area (Å²) in [6.07, 6.45) is -18.9. The van der Waals surface area contributed by atoms with Crippen molar-refractivity contribution in [3.05, 3.63) is 11.6 Å². The molecule has 0 unspecified atom stereocenters. The van der Waals surface area contributed by atoms with Crippen LogP contribution in [0.25, 0.3) is 0 Å². The Kier molecular flexibility index (Phi) is 14.4. The summed E-state index contributed by atoms with van der Waals surface area (Å²) < 4.78 is 34.7. The highest BCUT2D eigenvalue weighted by Crippen LogP contribution is 2.76. The van der Waals surface area contributed by atoms with Crippen LogP contribution < -0.4 is 0 Å². The molecule has 0 aromatic rings. The number of esters is 1. The fourth-order valence-electron chi connectivity index (χ4n) is 15.2. The highest BCUT2D eigenvalue weighted by molar-refractivity contribution is 5.79. The van der Waals surface area contributed by atoms with Crippen LogP contribution in [-0.2, 0) is 33.2 Å². The average Bonchev–Trinajstić information content (AvgIpc) is 3.29. The third-order valence-electron chi connectivity index (χ3n) is 19.7. The van der Waals surface area contributed by atoms with Crippen molar-refractivity contribution >= 4 is 5.97 Å². The van der Waals surface area contributed by atoms with Crippen molar-refractivity contribution in [2.24, 2.45) is 56.7 Å². The maximum atomic E-state index is 15.0. The number of carbonyl (C=O) groups is 1. The zero-order chi connectivity index (χ0) is 49.1. The van der Waals surface area contributed by atoms with E-state index in [1.807, 2.05) is 6.92 Å². The van der Waals surface area contributed by atoms with Gasteiger partial charge in [0.2, 0.25) is 6.29 Å². The van der Waals surface area contributed by atoms with Gasteiger partial charge in [-0.2, -0.15) is 0 Å². The Labute approximate surface area is 392 Å².